The van der Waals surface area contributed by atoms with Crippen LogP contribution in [-0.4, -0.2) is 23.3 Å². The molecule has 0 amide bonds. The van der Waals surface area contributed by atoms with Crippen LogP contribution in [0.25, 0.3) is 0 Å². The van der Waals surface area contributed by atoms with Gasteiger partial charge in [0.2, 0.25) is 0 Å². The number of aliphatic hydroxyl groups excluding tert-OH is 1. The van der Waals surface area contributed by atoms with E-state index in [9.17, 15) is 5.11 Å². The van der Waals surface area contributed by atoms with Gasteiger partial charge < -0.3 is 10.4 Å². The molecule has 0 spiro atoms. The summed E-state index contributed by atoms with van der Waals surface area (Å²) in [5.74, 6) is 0. The van der Waals surface area contributed by atoms with Gasteiger partial charge >= 0.3 is 0 Å². The largest absolute Gasteiger partial charge is 0.394 e. The molecule has 2 N–H and O–H groups in total. The molecule has 80 valence electrons. The highest BCUT2D eigenvalue weighted by atomic mass is 16.3. The Bertz CT molecular complexity index is 127. The summed E-state index contributed by atoms with van der Waals surface area (Å²) in [5, 5.41) is 12.8. The first-order chi connectivity index (χ1) is 6.08. The van der Waals surface area contributed by atoms with Crippen LogP contribution in [0.5, 0.6) is 0 Å². The highest BCUT2D eigenvalue weighted by molar-refractivity contribution is 4.84. The second-order valence-electron chi connectivity index (χ2n) is 4.30. The fourth-order valence-corrected chi connectivity index (χ4v) is 1.85. The summed E-state index contributed by atoms with van der Waals surface area (Å²) in [6, 6.07) is 0.508. The molecule has 0 saturated heterocycles. The molecule has 2 nitrogen and oxygen atoms in total. The summed E-state index contributed by atoms with van der Waals surface area (Å²) >= 11 is 0. The standard InChI is InChI=1S/C11H25NO/c1-5-7-10(3)12-11(4,9-13)8-6-2/h10,12-13H,5-9H2,1-4H3. The van der Waals surface area contributed by atoms with Crippen LogP contribution in [-0.2, 0) is 0 Å². The quantitative estimate of drug-likeness (QED) is 0.641. The van der Waals surface area contributed by atoms with E-state index >= 15 is 0 Å². The molecule has 0 aliphatic rings. The maximum absolute atomic E-state index is 9.27. The fraction of sp³-hybridized carbons (Fsp3) is 1.00. The van der Waals surface area contributed by atoms with E-state index in [1.54, 1.807) is 0 Å². The van der Waals surface area contributed by atoms with Crippen molar-refractivity contribution in [2.24, 2.45) is 0 Å². The fourth-order valence-electron chi connectivity index (χ4n) is 1.85. The Hall–Kier alpha value is -0.0800. The van der Waals surface area contributed by atoms with Gasteiger partial charge in [0.25, 0.3) is 0 Å². The minimum atomic E-state index is -0.0800. The monoisotopic (exact) mass is 187 g/mol. The molecule has 0 rings (SSSR count). The molecule has 13 heavy (non-hydrogen) atoms. The van der Waals surface area contributed by atoms with Gasteiger partial charge in [0.1, 0.15) is 0 Å². The highest BCUT2D eigenvalue weighted by Gasteiger charge is 2.23. The molecule has 2 unspecified atom stereocenters. The second-order valence-corrected chi connectivity index (χ2v) is 4.30. The van der Waals surface area contributed by atoms with Crippen LogP contribution in [0.1, 0.15) is 53.4 Å². The first-order valence-corrected chi connectivity index (χ1v) is 5.46. The van der Waals surface area contributed by atoms with E-state index in [4.69, 9.17) is 0 Å². The third-order valence-electron chi connectivity index (χ3n) is 2.47. The van der Waals surface area contributed by atoms with E-state index in [1.807, 2.05) is 0 Å². The van der Waals surface area contributed by atoms with E-state index in [0.717, 1.165) is 12.8 Å². The van der Waals surface area contributed by atoms with Crippen molar-refractivity contribution in [3.05, 3.63) is 0 Å². The number of nitrogens with one attached hydrogen (secondary N) is 1. The van der Waals surface area contributed by atoms with Gasteiger partial charge in [-0.3, -0.25) is 0 Å². The Morgan fingerprint density at radius 2 is 1.92 bits per heavy atom. The first-order valence-electron chi connectivity index (χ1n) is 5.46. The first kappa shape index (κ1) is 12.9. The number of aliphatic hydroxyl groups is 1. The molecule has 0 aromatic carbocycles. The molecular formula is C11H25NO. The third-order valence-corrected chi connectivity index (χ3v) is 2.47. The SMILES string of the molecule is CCCC(C)NC(C)(CO)CCC. The number of rotatable bonds is 7. The summed E-state index contributed by atoms with van der Waals surface area (Å²) in [7, 11) is 0. The predicted molar refractivity (Wildman–Crippen MR) is 57.9 cm³/mol. The van der Waals surface area contributed by atoms with Gasteiger partial charge in [-0.1, -0.05) is 26.7 Å². The van der Waals surface area contributed by atoms with Crippen LogP contribution in [0, 0.1) is 0 Å². The van der Waals surface area contributed by atoms with Crippen LogP contribution in [0.2, 0.25) is 0 Å². The van der Waals surface area contributed by atoms with Crippen LogP contribution >= 0.6 is 0 Å². The predicted octanol–water partition coefficient (Wildman–Crippen LogP) is 2.32. The van der Waals surface area contributed by atoms with Crippen LogP contribution in [0.4, 0.5) is 0 Å². The third kappa shape index (κ3) is 5.27. The van der Waals surface area contributed by atoms with Crippen molar-refractivity contribution < 1.29 is 5.11 Å². The number of hydrogen-bond donors (Lipinski definition) is 2. The Balaban J connectivity index is 3.93. The van der Waals surface area contributed by atoms with Crippen molar-refractivity contribution in [1.82, 2.24) is 5.32 Å². The van der Waals surface area contributed by atoms with Gasteiger partial charge in [0.15, 0.2) is 0 Å². The molecule has 0 aromatic rings. The van der Waals surface area contributed by atoms with Crippen molar-refractivity contribution >= 4 is 0 Å². The van der Waals surface area contributed by atoms with E-state index < -0.39 is 0 Å². The zero-order valence-corrected chi connectivity index (χ0v) is 9.56. The Labute approximate surface area is 82.7 Å². The zero-order valence-electron chi connectivity index (χ0n) is 9.56. The molecule has 0 bridgehead atoms. The Morgan fingerprint density at radius 3 is 2.31 bits per heavy atom. The lowest BCUT2D eigenvalue weighted by atomic mass is 9.95. The van der Waals surface area contributed by atoms with Gasteiger partial charge in [-0.25, -0.2) is 0 Å². The van der Waals surface area contributed by atoms with Crippen LogP contribution in [0.3, 0.4) is 0 Å². The molecule has 0 aliphatic carbocycles. The van der Waals surface area contributed by atoms with Gasteiger partial charge in [-0.05, 0) is 26.7 Å². The summed E-state index contributed by atoms with van der Waals surface area (Å²) < 4.78 is 0. The minimum Gasteiger partial charge on any atom is -0.394 e. The molecule has 0 radical (unpaired) electrons. The molecule has 0 heterocycles. The van der Waals surface area contributed by atoms with Crippen molar-refractivity contribution in [2.75, 3.05) is 6.61 Å². The maximum atomic E-state index is 9.27. The van der Waals surface area contributed by atoms with E-state index in [2.05, 4.69) is 33.0 Å². The summed E-state index contributed by atoms with van der Waals surface area (Å²) in [6.07, 6.45) is 4.53. The summed E-state index contributed by atoms with van der Waals surface area (Å²) in [4.78, 5) is 0. The van der Waals surface area contributed by atoms with Crippen molar-refractivity contribution in [1.29, 1.82) is 0 Å². The van der Waals surface area contributed by atoms with Gasteiger partial charge in [-0.2, -0.15) is 0 Å². The topological polar surface area (TPSA) is 32.3 Å². The van der Waals surface area contributed by atoms with Gasteiger partial charge in [-0.15, -0.1) is 0 Å². The second kappa shape index (κ2) is 6.39. The normalized spacial score (nSPS) is 18.2. The van der Waals surface area contributed by atoms with Crippen LogP contribution in [0.15, 0.2) is 0 Å². The van der Waals surface area contributed by atoms with Gasteiger partial charge in [0.05, 0.1) is 6.61 Å². The van der Waals surface area contributed by atoms with E-state index in [1.165, 1.54) is 12.8 Å². The number of hydrogen-bond acceptors (Lipinski definition) is 2. The lowest BCUT2D eigenvalue weighted by Crippen LogP contribution is -2.49. The average Bonchev–Trinajstić information content (AvgIpc) is 2.05. The smallest absolute Gasteiger partial charge is 0.0610 e. The van der Waals surface area contributed by atoms with Crippen molar-refractivity contribution in [3.63, 3.8) is 0 Å². The van der Waals surface area contributed by atoms with Gasteiger partial charge in [0, 0.05) is 11.6 Å². The molecule has 2 atom stereocenters. The van der Waals surface area contributed by atoms with Crippen LogP contribution < -0.4 is 5.32 Å². The summed E-state index contributed by atoms with van der Waals surface area (Å²) in [5.41, 5.74) is -0.0800. The average molecular weight is 187 g/mol. The van der Waals surface area contributed by atoms with Crippen molar-refractivity contribution in [2.45, 2.75) is 65.0 Å². The van der Waals surface area contributed by atoms with E-state index in [-0.39, 0.29) is 12.1 Å². The highest BCUT2D eigenvalue weighted by Crippen LogP contribution is 2.13. The van der Waals surface area contributed by atoms with Crippen molar-refractivity contribution in [3.8, 4) is 0 Å². The van der Waals surface area contributed by atoms with E-state index in [0.29, 0.717) is 6.04 Å². The molecular weight excluding hydrogens is 162 g/mol. The molecule has 0 aromatic heterocycles. The summed E-state index contributed by atoms with van der Waals surface area (Å²) in [6.45, 7) is 8.86. The molecule has 2 heteroatoms. The molecule has 0 aliphatic heterocycles. The zero-order chi connectivity index (χ0) is 10.3. The minimum absolute atomic E-state index is 0.0800. The maximum Gasteiger partial charge on any atom is 0.0610 e. The Morgan fingerprint density at radius 1 is 1.31 bits per heavy atom. The lowest BCUT2D eigenvalue weighted by Gasteiger charge is -2.32. The Kier molecular flexibility index (Phi) is 6.35. The molecule has 0 saturated carbocycles. The molecule has 0 fully saturated rings. The lowest BCUT2D eigenvalue weighted by molar-refractivity contribution is 0.152.